The van der Waals surface area contributed by atoms with Gasteiger partial charge in [-0.25, -0.2) is 14.6 Å². The van der Waals surface area contributed by atoms with Crippen molar-refractivity contribution in [2.45, 2.75) is 6.92 Å². The molecule has 0 atom stereocenters. The summed E-state index contributed by atoms with van der Waals surface area (Å²) in [6.07, 6.45) is 9.29. The standard InChI is InChI=1S/C11H11IN6/c1-2-13-9-7-17-4-3-14-10(17)11(16-9)18-6-8(12)5-15-18/h3-7,13H,2H2,1H3. The summed E-state index contributed by atoms with van der Waals surface area (Å²) in [5, 5.41) is 7.49. The van der Waals surface area contributed by atoms with Crippen molar-refractivity contribution in [2.75, 3.05) is 11.9 Å². The Labute approximate surface area is 117 Å². The van der Waals surface area contributed by atoms with Crippen molar-refractivity contribution in [3.63, 3.8) is 0 Å². The van der Waals surface area contributed by atoms with Crippen LogP contribution in [0.5, 0.6) is 0 Å². The number of imidazole rings is 1. The molecule has 0 unspecified atom stereocenters. The van der Waals surface area contributed by atoms with E-state index in [0.717, 1.165) is 27.4 Å². The van der Waals surface area contributed by atoms with Gasteiger partial charge in [0.15, 0.2) is 11.5 Å². The van der Waals surface area contributed by atoms with Crippen LogP contribution in [0.2, 0.25) is 0 Å². The lowest BCUT2D eigenvalue weighted by Crippen LogP contribution is -2.07. The molecule has 3 rings (SSSR count). The van der Waals surface area contributed by atoms with Gasteiger partial charge in [-0.2, -0.15) is 5.10 Å². The molecule has 3 heterocycles. The maximum Gasteiger partial charge on any atom is 0.199 e. The van der Waals surface area contributed by atoms with Gasteiger partial charge in [0.1, 0.15) is 5.82 Å². The van der Waals surface area contributed by atoms with Crippen molar-refractivity contribution < 1.29 is 0 Å². The van der Waals surface area contributed by atoms with Gasteiger partial charge >= 0.3 is 0 Å². The van der Waals surface area contributed by atoms with Crippen molar-refractivity contribution in [3.05, 3.63) is 34.6 Å². The van der Waals surface area contributed by atoms with Crippen LogP contribution in [0.1, 0.15) is 6.92 Å². The molecule has 18 heavy (non-hydrogen) atoms. The molecule has 6 nitrogen and oxygen atoms in total. The van der Waals surface area contributed by atoms with Gasteiger partial charge < -0.3 is 9.72 Å². The van der Waals surface area contributed by atoms with Crippen LogP contribution >= 0.6 is 22.6 Å². The van der Waals surface area contributed by atoms with Crippen molar-refractivity contribution in [1.29, 1.82) is 0 Å². The molecule has 0 aliphatic carbocycles. The molecule has 3 aromatic heterocycles. The Hall–Kier alpha value is -1.64. The van der Waals surface area contributed by atoms with E-state index < -0.39 is 0 Å². The minimum atomic E-state index is 0.723. The molecule has 0 fully saturated rings. The van der Waals surface area contributed by atoms with Gasteiger partial charge in [0.2, 0.25) is 0 Å². The number of halogens is 1. The first-order chi connectivity index (χ1) is 8.78. The summed E-state index contributed by atoms with van der Waals surface area (Å²) in [5.74, 6) is 1.53. The van der Waals surface area contributed by atoms with Crippen LogP contribution in [0.15, 0.2) is 31.0 Å². The highest BCUT2D eigenvalue weighted by molar-refractivity contribution is 14.1. The highest BCUT2D eigenvalue weighted by atomic mass is 127. The molecular weight excluding hydrogens is 343 g/mol. The smallest absolute Gasteiger partial charge is 0.199 e. The van der Waals surface area contributed by atoms with Crippen LogP contribution in [-0.4, -0.2) is 30.7 Å². The SMILES string of the molecule is CCNc1cn2ccnc2c(-n2cc(I)cn2)n1. The Morgan fingerprint density at radius 2 is 2.28 bits per heavy atom. The Morgan fingerprint density at radius 1 is 1.39 bits per heavy atom. The largest absolute Gasteiger partial charge is 0.369 e. The monoisotopic (exact) mass is 354 g/mol. The Bertz CT molecular complexity index is 686. The molecule has 7 heteroatoms. The zero-order valence-corrected chi connectivity index (χ0v) is 11.9. The topological polar surface area (TPSA) is 60.0 Å². The van der Waals surface area contributed by atoms with Crippen molar-refractivity contribution >= 4 is 34.1 Å². The molecule has 3 aromatic rings. The normalized spacial score (nSPS) is 11.0. The number of aromatic nitrogens is 5. The lowest BCUT2D eigenvalue weighted by molar-refractivity contribution is 0.841. The number of hydrogen-bond acceptors (Lipinski definition) is 4. The van der Waals surface area contributed by atoms with E-state index in [0.29, 0.717) is 0 Å². The van der Waals surface area contributed by atoms with Gasteiger partial charge in [0.25, 0.3) is 0 Å². The zero-order chi connectivity index (χ0) is 12.5. The van der Waals surface area contributed by atoms with E-state index >= 15 is 0 Å². The number of fused-ring (bicyclic) bond motifs is 1. The third-order valence-electron chi connectivity index (χ3n) is 2.48. The van der Waals surface area contributed by atoms with E-state index in [9.17, 15) is 0 Å². The van der Waals surface area contributed by atoms with Gasteiger partial charge in [-0.1, -0.05) is 0 Å². The molecule has 0 saturated heterocycles. The summed E-state index contributed by atoms with van der Waals surface area (Å²) in [6.45, 7) is 2.86. The first-order valence-electron chi connectivity index (χ1n) is 5.56. The number of nitrogens with one attached hydrogen (secondary N) is 1. The third kappa shape index (κ3) is 1.94. The minimum Gasteiger partial charge on any atom is -0.369 e. The predicted octanol–water partition coefficient (Wildman–Crippen LogP) is 1.95. The lowest BCUT2D eigenvalue weighted by Gasteiger charge is -2.07. The number of rotatable bonds is 3. The first-order valence-corrected chi connectivity index (χ1v) is 6.64. The van der Waals surface area contributed by atoms with E-state index in [1.165, 1.54) is 0 Å². The fourth-order valence-electron chi connectivity index (χ4n) is 1.75. The third-order valence-corrected chi connectivity index (χ3v) is 3.04. The summed E-state index contributed by atoms with van der Waals surface area (Å²) < 4.78 is 4.74. The van der Waals surface area contributed by atoms with E-state index in [-0.39, 0.29) is 0 Å². The fourth-order valence-corrected chi connectivity index (χ4v) is 2.14. The minimum absolute atomic E-state index is 0.723. The lowest BCUT2D eigenvalue weighted by atomic mass is 10.5. The Morgan fingerprint density at radius 3 is 3.00 bits per heavy atom. The van der Waals surface area contributed by atoms with Crippen LogP contribution < -0.4 is 5.32 Å². The number of nitrogens with zero attached hydrogens (tertiary/aromatic N) is 5. The molecule has 0 spiro atoms. The summed E-state index contributed by atoms with van der Waals surface area (Å²) in [7, 11) is 0. The van der Waals surface area contributed by atoms with Gasteiger partial charge in [-0.15, -0.1) is 0 Å². The van der Waals surface area contributed by atoms with Gasteiger partial charge in [0.05, 0.1) is 16.0 Å². The molecular formula is C11H11IN6. The van der Waals surface area contributed by atoms with Crippen molar-refractivity contribution in [2.24, 2.45) is 0 Å². The van der Waals surface area contributed by atoms with E-state index in [2.05, 4.69) is 43.0 Å². The highest BCUT2D eigenvalue weighted by Crippen LogP contribution is 2.16. The first kappa shape index (κ1) is 11.5. The predicted molar refractivity (Wildman–Crippen MR) is 77.0 cm³/mol. The Balaban J connectivity index is 2.22. The van der Waals surface area contributed by atoms with Crippen molar-refractivity contribution in [3.8, 4) is 5.82 Å². The van der Waals surface area contributed by atoms with E-state index in [1.807, 2.05) is 29.9 Å². The molecule has 0 aliphatic rings. The summed E-state index contributed by atoms with van der Waals surface area (Å²) in [4.78, 5) is 8.86. The molecule has 0 aromatic carbocycles. The van der Waals surface area contributed by atoms with Crippen molar-refractivity contribution in [1.82, 2.24) is 24.1 Å². The number of anilines is 1. The Kier molecular flexibility index (Phi) is 2.90. The molecule has 0 aliphatic heterocycles. The second-order valence-corrected chi connectivity index (χ2v) is 4.99. The molecule has 0 amide bonds. The van der Waals surface area contributed by atoms with Gasteiger partial charge in [-0.05, 0) is 29.5 Å². The maximum atomic E-state index is 4.55. The quantitative estimate of drug-likeness (QED) is 0.731. The van der Waals surface area contributed by atoms with Gasteiger partial charge in [-0.3, -0.25) is 0 Å². The molecule has 1 N–H and O–H groups in total. The average Bonchev–Trinajstić information content (AvgIpc) is 2.97. The molecule has 0 saturated carbocycles. The summed E-state index contributed by atoms with van der Waals surface area (Å²) in [5.41, 5.74) is 0.788. The maximum absolute atomic E-state index is 4.55. The molecule has 0 bridgehead atoms. The van der Waals surface area contributed by atoms with E-state index in [4.69, 9.17) is 0 Å². The highest BCUT2D eigenvalue weighted by Gasteiger charge is 2.10. The number of hydrogen-bond donors (Lipinski definition) is 1. The van der Waals surface area contributed by atoms with Crippen LogP contribution in [0, 0.1) is 3.57 Å². The fraction of sp³-hybridized carbons (Fsp3) is 0.182. The molecule has 92 valence electrons. The average molecular weight is 354 g/mol. The summed E-state index contributed by atoms with van der Waals surface area (Å²) >= 11 is 2.22. The van der Waals surface area contributed by atoms with Crippen LogP contribution in [0.3, 0.4) is 0 Å². The van der Waals surface area contributed by atoms with E-state index in [1.54, 1.807) is 17.1 Å². The van der Waals surface area contributed by atoms with Crippen LogP contribution in [0.25, 0.3) is 11.5 Å². The summed E-state index contributed by atoms with van der Waals surface area (Å²) in [6, 6.07) is 0. The second-order valence-electron chi connectivity index (χ2n) is 3.74. The van der Waals surface area contributed by atoms with Crippen LogP contribution in [0.4, 0.5) is 5.82 Å². The second kappa shape index (κ2) is 4.56. The molecule has 0 radical (unpaired) electrons. The zero-order valence-electron chi connectivity index (χ0n) is 9.71. The van der Waals surface area contributed by atoms with Crippen LogP contribution in [-0.2, 0) is 0 Å². The van der Waals surface area contributed by atoms with Gasteiger partial charge in [0, 0.05) is 25.1 Å².